The van der Waals surface area contributed by atoms with Gasteiger partial charge in [0.1, 0.15) is 5.76 Å². The number of hydrogen-bond donors (Lipinski definition) is 3. The van der Waals surface area contributed by atoms with Crippen molar-refractivity contribution in [2.45, 2.75) is 19.4 Å². The Hall–Kier alpha value is -4.23. The van der Waals surface area contributed by atoms with Crippen LogP contribution < -0.4 is 4.74 Å². The highest BCUT2D eigenvalue weighted by Crippen LogP contribution is 2.42. The fraction of sp³-hybridized carbons (Fsp3) is 0.172. The average Bonchev–Trinajstić information content (AvgIpc) is 3.42. The first-order valence-corrected chi connectivity index (χ1v) is 12.3. The smallest absolute Gasteiger partial charge is 0.295 e. The SMILES string of the molecule is CCOc1cc(C2C(=C(O)c3ccc(Cl)cc3)C(=O)C(=O)N2CCc2c[nH]c3ccccc23)ccc1O. The second-order valence-corrected chi connectivity index (χ2v) is 9.21. The number of halogens is 1. The Labute approximate surface area is 218 Å². The van der Waals surface area contributed by atoms with Crippen LogP contribution >= 0.6 is 11.6 Å². The van der Waals surface area contributed by atoms with Gasteiger partial charge in [-0.05, 0) is 66.9 Å². The van der Waals surface area contributed by atoms with Gasteiger partial charge >= 0.3 is 0 Å². The minimum atomic E-state index is -0.874. The number of H-pyrrole nitrogens is 1. The van der Waals surface area contributed by atoms with E-state index in [1.54, 1.807) is 43.3 Å². The van der Waals surface area contributed by atoms with Crippen molar-refractivity contribution in [2.75, 3.05) is 13.2 Å². The third-order valence-corrected chi connectivity index (χ3v) is 6.81. The number of aromatic hydroxyl groups is 1. The summed E-state index contributed by atoms with van der Waals surface area (Å²) in [6, 6.07) is 18.1. The van der Waals surface area contributed by atoms with Crippen LogP contribution in [0, 0.1) is 0 Å². The van der Waals surface area contributed by atoms with E-state index in [4.69, 9.17) is 16.3 Å². The van der Waals surface area contributed by atoms with Crippen LogP contribution in [0.4, 0.5) is 0 Å². The summed E-state index contributed by atoms with van der Waals surface area (Å²) >= 11 is 6.00. The van der Waals surface area contributed by atoms with Crippen molar-refractivity contribution < 1.29 is 24.5 Å². The predicted octanol–water partition coefficient (Wildman–Crippen LogP) is 5.59. The number of carbonyl (C=O) groups is 2. The number of hydrogen-bond acceptors (Lipinski definition) is 5. The molecule has 0 spiro atoms. The molecule has 1 saturated heterocycles. The van der Waals surface area contributed by atoms with Gasteiger partial charge in [0.25, 0.3) is 11.7 Å². The molecule has 1 fully saturated rings. The van der Waals surface area contributed by atoms with Gasteiger partial charge in [0.2, 0.25) is 0 Å². The number of phenolic OH excluding ortho intramolecular Hbond substituents is 1. The zero-order valence-corrected chi connectivity index (χ0v) is 20.8. The van der Waals surface area contributed by atoms with Crippen LogP contribution in [0.5, 0.6) is 11.5 Å². The van der Waals surface area contributed by atoms with Gasteiger partial charge in [-0.25, -0.2) is 0 Å². The lowest BCUT2D eigenvalue weighted by Crippen LogP contribution is -2.31. The number of fused-ring (bicyclic) bond motifs is 1. The Bertz CT molecular complexity index is 1520. The summed E-state index contributed by atoms with van der Waals surface area (Å²) in [7, 11) is 0. The highest BCUT2D eigenvalue weighted by molar-refractivity contribution is 6.46. The number of Topliss-reactive ketones (excluding diaryl/α,β-unsaturated/α-hetero) is 1. The maximum Gasteiger partial charge on any atom is 0.295 e. The third-order valence-electron chi connectivity index (χ3n) is 6.55. The topological polar surface area (TPSA) is 103 Å². The number of aromatic nitrogens is 1. The molecule has 1 aliphatic rings. The molecule has 8 heteroatoms. The second kappa shape index (κ2) is 10.0. The number of aliphatic hydroxyl groups excluding tert-OH is 1. The van der Waals surface area contributed by atoms with E-state index in [2.05, 4.69) is 4.98 Å². The third kappa shape index (κ3) is 4.54. The van der Waals surface area contributed by atoms with Gasteiger partial charge in [-0.1, -0.05) is 35.9 Å². The molecule has 7 nitrogen and oxygen atoms in total. The number of nitrogens with one attached hydrogen (secondary N) is 1. The van der Waals surface area contributed by atoms with Crippen LogP contribution in [-0.4, -0.2) is 44.9 Å². The van der Waals surface area contributed by atoms with E-state index < -0.39 is 17.7 Å². The number of benzene rings is 3. The lowest BCUT2D eigenvalue weighted by Gasteiger charge is -2.26. The summed E-state index contributed by atoms with van der Waals surface area (Å²) in [4.78, 5) is 31.3. The molecular weight excluding hydrogens is 492 g/mol. The first kappa shape index (κ1) is 24.5. The summed E-state index contributed by atoms with van der Waals surface area (Å²) < 4.78 is 5.55. The van der Waals surface area contributed by atoms with E-state index >= 15 is 0 Å². The van der Waals surface area contributed by atoms with Crippen LogP contribution in [0.1, 0.15) is 29.7 Å². The van der Waals surface area contributed by atoms with Crippen LogP contribution in [0.25, 0.3) is 16.7 Å². The molecule has 3 N–H and O–H groups in total. The Morgan fingerprint density at radius 2 is 1.84 bits per heavy atom. The Morgan fingerprint density at radius 3 is 2.59 bits per heavy atom. The van der Waals surface area contributed by atoms with Crippen molar-refractivity contribution in [3.8, 4) is 11.5 Å². The van der Waals surface area contributed by atoms with Crippen molar-refractivity contribution in [2.24, 2.45) is 0 Å². The molecule has 188 valence electrons. The quantitative estimate of drug-likeness (QED) is 0.169. The normalized spacial score (nSPS) is 17.0. The molecule has 5 rings (SSSR count). The number of aliphatic hydroxyl groups is 1. The van der Waals surface area contributed by atoms with Gasteiger partial charge in [0, 0.05) is 34.2 Å². The molecule has 1 aromatic heterocycles. The monoisotopic (exact) mass is 516 g/mol. The van der Waals surface area contributed by atoms with E-state index in [9.17, 15) is 19.8 Å². The number of amides is 1. The van der Waals surface area contributed by atoms with Crippen molar-refractivity contribution in [3.63, 3.8) is 0 Å². The number of ketones is 1. The van der Waals surface area contributed by atoms with E-state index in [0.29, 0.717) is 29.2 Å². The Morgan fingerprint density at radius 1 is 1.08 bits per heavy atom. The van der Waals surface area contributed by atoms with Gasteiger partial charge in [-0.15, -0.1) is 0 Å². The summed E-state index contributed by atoms with van der Waals surface area (Å²) in [6.07, 6.45) is 2.39. The van der Waals surface area contributed by atoms with E-state index in [0.717, 1.165) is 16.5 Å². The Kier molecular flexibility index (Phi) is 6.63. The number of aromatic amines is 1. The molecule has 2 heterocycles. The van der Waals surface area contributed by atoms with Crippen molar-refractivity contribution in [1.29, 1.82) is 0 Å². The largest absolute Gasteiger partial charge is 0.507 e. The highest BCUT2D eigenvalue weighted by Gasteiger charge is 2.46. The second-order valence-electron chi connectivity index (χ2n) is 8.77. The van der Waals surface area contributed by atoms with Gasteiger partial charge in [0.05, 0.1) is 18.2 Å². The molecule has 3 aromatic carbocycles. The fourth-order valence-corrected chi connectivity index (χ4v) is 4.90. The molecular formula is C29H25ClN2O5. The molecule has 1 unspecified atom stereocenters. The number of carbonyl (C=O) groups excluding carboxylic acids is 2. The standard InChI is InChI=1S/C29H25ClN2O5/c1-2-37-24-15-18(9-12-23(24)33)26-25(27(34)17-7-10-20(30)11-8-17)28(35)29(36)32(26)14-13-19-16-31-22-6-4-3-5-21(19)22/h3-12,15-16,26,31,33-34H,2,13-14H2,1H3. The van der Waals surface area contributed by atoms with Gasteiger partial charge in [-0.3, -0.25) is 9.59 Å². The molecule has 0 bridgehead atoms. The van der Waals surface area contributed by atoms with Crippen LogP contribution in [0.2, 0.25) is 5.02 Å². The van der Waals surface area contributed by atoms with E-state index in [1.165, 1.54) is 11.0 Å². The number of para-hydroxylation sites is 1. The zero-order valence-electron chi connectivity index (χ0n) is 20.1. The lowest BCUT2D eigenvalue weighted by atomic mass is 9.95. The fourth-order valence-electron chi connectivity index (χ4n) is 4.77. The van der Waals surface area contributed by atoms with Crippen molar-refractivity contribution >= 4 is 40.0 Å². The van der Waals surface area contributed by atoms with E-state index in [1.807, 2.05) is 30.5 Å². The zero-order chi connectivity index (χ0) is 26.1. The van der Waals surface area contributed by atoms with Crippen LogP contribution in [0.15, 0.2) is 78.5 Å². The number of phenols is 1. The summed E-state index contributed by atoms with van der Waals surface area (Å²) in [5.41, 5.74) is 2.87. The first-order valence-electron chi connectivity index (χ1n) is 11.9. The van der Waals surface area contributed by atoms with Crippen molar-refractivity contribution in [3.05, 3.63) is 100 Å². The molecule has 0 radical (unpaired) electrons. The maximum atomic E-state index is 13.3. The maximum absolute atomic E-state index is 13.3. The van der Waals surface area contributed by atoms with E-state index in [-0.39, 0.29) is 29.4 Å². The molecule has 1 amide bonds. The molecule has 1 atom stereocenters. The van der Waals surface area contributed by atoms with Gasteiger partial charge < -0.3 is 24.8 Å². The summed E-state index contributed by atoms with van der Waals surface area (Å²) in [6.45, 7) is 2.35. The van der Waals surface area contributed by atoms with Crippen molar-refractivity contribution in [1.82, 2.24) is 9.88 Å². The first-order chi connectivity index (χ1) is 17.9. The molecule has 1 aliphatic heterocycles. The molecule has 37 heavy (non-hydrogen) atoms. The molecule has 4 aromatic rings. The summed E-state index contributed by atoms with van der Waals surface area (Å²) in [5.74, 6) is -1.60. The minimum absolute atomic E-state index is 0.0283. The number of rotatable bonds is 7. The minimum Gasteiger partial charge on any atom is -0.507 e. The van der Waals surface area contributed by atoms with Gasteiger partial charge in [-0.2, -0.15) is 0 Å². The number of nitrogens with zero attached hydrogens (tertiary/aromatic N) is 1. The highest BCUT2D eigenvalue weighted by atomic mass is 35.5. The molecule has 0 aliphatic carbocycles. The lowest BCUT2D eigenvalue weighted by molar-refractivity contribution is -0.139. The number of likely N-dealkylation sites (tertiary alicyclic amines) is 1. The number of ether oxygens (including phenoxy) is 1. The summed E-state index contributed by atoms with van der Waals surface area (Å²) in [5, 5.41) is 23.0. The van der Waals surface area contributed by atoms with Crippen LogP contribution in [-0.2, 0) is 16.0 Å². The van der Waals surface area contributed by atoms with Gasteiger partial charge in [0.15, 0.2) is 11.5 Å². The van der Waals surface area contributed by atoms with Crippen LogP contribution in [0.3, 0.4) is 0 Å². The predicted molar refractivity (Wildman–Crippen MR) is 142 cm³/mol. The molecule has 0 saturated carbocycles. The Balaban J connectivity index is 1.59. The average molecular weight is 517 g/mol.